The van der Waals surface area contributed by atoms with E-state index < -0.39 is 0 Å². The van der Waals surface area contributed by atoms with Gasteiger partial charge in [-0.15, -0.1) is 0 Å². The summed E-state index contributed by atoms with van der Waals surface area (Å²) in [5.41, 5.74) is 4.27. The summed E-state index contributed by atoms with van der Waals surface area (Å²) >= 11 is 0. The second-order valence-corrected chi connectivity index (χ2v) is 6.86. The van der Waals surface area contributed by atoms with Gasteiger partial charge in [0.1, 0.15) is 0 Å². The van der Waals surface area contributed by atoms with Crippen LogP contribution in [-0.2, 0) is 6.42 Å². The van der Waals surface area contributed by atoms with Crippen LogP contribution in [0.15, 0.2) is 91.0 Å². The summed E-state index contributed by atoms with van der Waals surface area (Å²) in [7, 11) is 0. The molecule has 0 radical (unpaired) electrons. The fourth-order valence-electron chi connectivity index (χ4n) is 3.51. The lowest BCUT2D eigenvalue weighted by atomic mass is 9.87. The largest absolute Gasteiger partial charge is 0.317 e. The van der Waals surface area contributed by atoms with Crippen LogP contribution in [0.5, 0.6) is 0 Å². The molecule has 26 heavy (non-hydrogen) atoms. The third kappa shape index (κ3) is 5.86. The van der Waals surface area contributed by atoms with E-state index in [1.165, 1.54) is 36.0 Å². The average molecular weight is 344 g/mol. The highest BCUT2D eigenvalue weighted by molar-refractivity contribution is 5.32. The SMILES string of the molecule is c1ccc(CCCNCCCC(c2ccccc2)c2ccccc2)cc1. The zero-order valence-electron chi connectivity index (χ0n) is 15.5. The fourth-order valence-corrected chi connectivity index (χ4v) is 3.51. The predicted molar refractivity (Wildman–Crippen MR) is 112 cm³/mol. The van der Waals surface area contributed by atoms with Crippen molar-refractivity contribution in [2.45, 2.75) is 31.6 Å². The van der Waals surface area contributed by atoms with Crippen LogP contribution in [0, 0.1) is 0 Å². The summed E-state index contributed by atoms with van der Waals surface area (Å²) in [6.07, 6.45) is 4.73. The summed E-state index contributed by atoms with van der Waals surface area (Å²) in [6, 6.07) is 32.5. The lowest BCUT2D eigenvalue weighted by Crippen LogP contribution is -2.18. The van der Waals surface area contributed by atoms with Crippen molar-refractivity contribution in [3.8, 4) is 0 Å². The van der Waals surface area contributed by atoms with E-state index in [9.17, 15) is 0 Å². The van der Waals surface area contributed by atoms with E-state index >= 15 is 0 Å². The number of hydrogen-bond donors (Lipinski definition) is 1. The minimum atomic E-state index is 0.489. The Balaban J connectivity index is 1.42. The summed E-state index contributed by atoms with van der Waals surface area (Å²) in [4.78, 5) is 0. The van der Waals surface area contributed by atoms with Crippen molar-refractivity contribution in [1.82, 2.24) is 5.32 Å². The molecule has 0 heterocycles. The Morgan fingerprint density at radius 3 is 1.65 bits per heavy atom. The van der Waals surface area contributed by atoms with E-state index in [0.29, 0.717) is 5.92 Å². The maximum atomic E-state index is 3.61. The van der Waals surface area contributed by atoms with Crippen molar-refractivity contribution in [3.05, 3.63) is 108 Å². The maximum absolute atomic E-state index is 3.61. The van der Waals surface area contributed by atoms with Gasteiger partial charge in [-0.25, -0.2) is 0 Å². The van der Waals surface area contributed by atoms with Crippen molar-refractivity contribution >= 4 is 0 Å². The van der Waals surface area contributed by atoms with Crippen LogP contribution in [-0.4, -0.2) is 13.1 Å². The molecule has 3 aromatic rings. The lowest BCUT2D eigenvalue weighted by molar-refractivity contribution is 0.581. The first-order valence-electron chi connectivity index (χ1n) is 9.78. The molecule has 1 heteroatoms. The van der Waals surface area contributed by atoms with Gasteiger partial charge in [-0.3, -0.25) is 0 Å². The van der Waals surface area contributed by atoms with Gasteiger partial charge in [-0.05, 0) is 55.5 Å². The molecule has 0 aliphatic rings. The Bertz CT molecular complexity index is 682. The molecule has 0 aromatic heterocycles. The molecule has 0 unspecified atom stereocenters. The molecule has 1 nitrogen and oxygen atoms in total. The average Bonchev–Trinajstić information content (AvgIpc) is 2.72. The van der Waals surface area contributed by atoms with Gasteiger partial charge in [0.25, 0.3) is 0 Å². The van der Waals surface area contributed by atoms with Crippen LogP contribution < -0.4 is 5.32 Å². The lowest BCUT2D eigenvalue weighted by Gasteiger charge is -2.18. The van der Waals surface area contributed by atoms with Crippen LogP contribution in [0.3, 0.4) is 0 Å². The highest BCUT2D eigenvalue weighted by Crippen LogP contribution is 2.28. The van der Waals surface area contributed by atoms with E-state index in [4.69, 9.17) is 0 Å². The van der Waals surface area contributed by atoms with Crippen LogP contribution >= 0.6 is 0 Å². The summed E-state index contributed by atoms with van der Waals surface area (Å²) in [5, 5.41) is 3.61. The van der Waals surface area contributed by atoms with Gasteiger partial charge in [-0.2, -0.15) is 0 Å². The molecule has 0 saturated carbocycles. The first-order valence-corrected chi connectivity index (χ1v) is 9.78. The van der Waals surface area contributed by atoms with Crippen molar-refractivity contribution in [3.63, 3.8) is 0 Å². The topological polar surface area (TPSA) is 12.0 Å². The molecule has 0 spiro atoms. The molecule has 0 atom stereocenters. The molecule has 0 aliphatic heterocycles. The first-order chi connectivity index (χ1) is 12.9. The van der Waals surface area contributed by atoms with E-state index in [-0.39, 0.29) is 0 Å². The van der Waals surface area contributed by atoms with Crippen molar-refractivity contribution in [2.75, 3.05) is 13.1 Å². The van der Waals surface area contributed by atoms with Crippen molar-refractivity contribution < 1.29 is 0 Å². The van der Waals surface area contributed by atoms with Crippen molar-refractivity contribution in [1.29, 1.82) is 0 Å². The monoisotopic (exact) mass is 343 g/mol. The molecule has 3 rings (SSSR count). The number of hydrogen-bond acceptors (Lipinski definition) is 1. The molecular formula is C25H29N. The summed E-state index contributed by atoms with van der Waals surface area (Å²) < 4.78 is 0. The number of aryl methyl sites for hydroxylation is 1. The minimum Gasteiger partial charge on any atom is -0.317 e. The molecule has 0 fully saturated rings. The second kappa shape index (κ2) is 10.6. The maximum Gasteiger partial charge on any atom is 0.00898 e. The van der Waals surface area contributed by atoms with E-state index in [0.717, 1.165) is 19.5 Å². The van der Waals surface area contributed by atoms with Crippen LogP contribution in [0.25, 0.3) is 0 Å². The molecule has 0 aliphatic carbocycles. The Morgan fingerprint density at radius 2 is 1.08 bits per heavy atom. The zero-order valence-corrected chi connectivity index (χ0v) is 15.5. The quantitative estimate of drug-likeness (QED) is 0.457. The smallest absolute Gasteiger partial charge is 0.00898 e. The van der Waals surface area contributed by atoms with Gasteiger partial charge < -0.3 is 5.32 Å². The Morgan fingerprint density at radius 1 is 0.577 bits per heavy atom. The molecule has 0 amide bonds. The normalized spacial score (nSPS) is 11.0. The summed E-state index contributed by atoms with van der Waals surface area (Å²) in [6.45, 7) is 2.18. The molecule has 1 N–H and O–H groups in total. The van der Waals surface area contributed by atoms with Crippen molar-refractivity contribution in [2.24, 2.45) is 0 Å². The minimum absolute atomic E-state index is 0.489. The van der Waals surface area contributed by atoms with Crippen LogP contribution in [0.4, 0.5) is 0 Å². The molecule has 3 aromatic carbocycles. The van der Waals surface area contributed by atoms with Crippen LogP contribution in [0.1, 0.15) is 41.9 Å². The molecule has 0 saturated heterocycles. The Labute approximate surface area is 158 Å². The van der Waals surface area contributed by atoms with Gasteiger partial charge in [0.15, 0.2) is 0 Å². The van der Waals surface area contributed by atoms with Gasteiger partial charge in [0, 0.05) is 5.92 Å². The second-order valence-electron chi connectivity index (χ2n) is 6.86. The number of benzene rings is 3. The van der Waals surface area contributed by atoms with Gasteiger partial charge >= 0.3 is 0 Å². The Hall–Kier alpha value is -2.38. The molecular weight excluding hydrogens is 314 g/mol. The number of rotatable bonds is 10. The van der Waals surface area contributed by atoms with Crippen LogP contribution in [0.2, 0.25) is 0 Å². The highest BCUT2D eigenvalue weighted by atomic mass is 14.8. The highest BCUT2D eigenvalue weighted by Gasteiger charge is 2.13. The standard InChI is InChI=1S/C25H29N/c1-4-12-22(13-5-1)14-10-20-26-21-11-19-25(23-15-6-2-7-16-23)24-17-8-3-9-18-24/h1-9,12-13,15-18,25-26H,10-11,14,19-21H2. The fraction of sp³-hybridized carbons (Fsp3) is 0.280. The molecule has 0 bridgehead atoms. The van der Waals surface area contributed by atoms with Gasteiger partial charge in [-0.1, -0.05) is 91.0 Å². The molecule has 134 valence electrons. The van der Waals surface area contributed by atoms with E-state index in [1.807, 2.05) is 0 Å². The third-order valence-electron chi connectivity index (χ3n) is 4.91. The van der Waals surface area contributed by atoms with E-state index in [2.05, 4.69) is 96.3 Å². The zero-order chi connectivity index (χ0) is 17.9. The van der Waals surface area contributed by atoms with E-state index in [1.54, 1.807) is 0 Å². The third-order valence-corrected chi connectivity index (χ3v) is 4.91. The van der Waals surface area contributed by atoms with Gasteiger partial charge in [0.2, 0.25) is 0 Å². The number of nitrogens with one attached hydrogen (secondary N) is 1. The first kappa shape index (κ1) is 18.4. The summed E-state index contributed by atoms with van der Waals surface area (Å²) in [5.74, 6) is 0.489. The van der Waals surface area contributed by atoms with Gasteiger partial charge in [0.05, 0.1) is 0 Å². The predicted octanol–water partition coefficient (Wildman–Crippen LogP) is 5.82. The Kier molecular flexibility index (Phi) is 7.49.